The molecule has 0 saturated heterocycles. The first-order valence-electron chi connectivity index (χ1n) is 9.46. The Balaban J connectivity index is 1.81. The number of rotatable bonds is 7. The molecule has 0 spiro atoms. The van der Waals surface area contributed by atoms with E-state index in [0.717, 1.165) is 0 Å². The van der Waals surface area contributed by atoms with Crippen LogP contribution in [0.3, 0.4) is 0 Å². The normalized spacial score (nSPS) is 21.8. The van der Waals surface area contributed by atoms with Gasteiger partial charge in [0.15, 0.2) is 23.0 Å². The van der Waals surface area contributed by atoms with E-state index in [2.05, 4.69) is 9.98 Å². The average molecular weight is 398 g/mol. The number of aliphatic hydroxyl groups excluding tert-OH is 1. The SMILES string of the molecule is COc1cccc(C=N[C@H]2CC(CO)C[C@H]2N=Cc2cccc(OC)c2O)c1O. The Hall–Kier alpha value is -3.06. The Kier molecular flexibility index (Phi) is 6.72. The lowest BCUT2D eigenvalue weighted by molar-refractivity contribution is 0.228. The molecule has 1 saturated carbocycles. The molecule has 3 rings (SSSR count). The second-order valence-electron chi connectivity index (χ2n) is 7.01. The fourth-order valence-corrected chi connectivity index (χ4v) is 3.53. The third-order valence-electron chi connectivity index (χ3n) is 5.16. The second-order valence-corrected chi connectivity index (χ2v) is 7.01. The summed E-state index contributed by atoms with van der Waals surface area (Å²) < 4.78 is 10.3. The molecule has 29 heavy (non-hydrogen) atoms. The van der Waals surface area contributed by atoms with Crippen molar-refractivity contribution in [3.05, 3.63) is 47.5 Å². The molecule has 2 aromatic rings. The number of aliphatic hydroxyl groups is 1. The summed E-state index contributed by atoms with van der Waals surface area (Å²) in [4.78, 5) is 9.25. The number of ether oxygens (including phenoxy) is 2. The predicted molar refractivity (Wildman–Crippen MR) is 112 cm³/mol. The third-order valence-corrected chi connectivity index (χ3v) is 5.16. The molecule has 0 heterocycles. The molecule has 0 amide bonds. The van der Waals surface area contributed by atoms with Gasteiger partial charge in [0.2, 0.25) is 0 Å². The number of nitrogens with zero attached hydrogens (tertiary/aromatic N) is 2. The van der Waals surface area contributed by atoms with Crippen molar-refractivity contribution in [1.82, 2.24) is 0 Å². The molecule has 1 aliphatic rings. The first-order valence-corrected chi connectivity index (χ1v) is 9.46. The van der Waals surface area contributed by atoms with Gasteiger partial charge in [-0.1, -0.05) is 12.1 Å². The van der Waals surface area contributed by atoms with E-state index in [1.54, 1.807) is 48.8 Å². The highest BCUT2D eigenvalue weighted by molar-refractivity contribution is 5.86. The van der Waals surface area contributed by atoms with Gasteiger partial charge in [-0.15, -0.1) is 0 Å². The average Bonchev–Trinajstić information content (AvgIpc) is 3.14. The smallest absolute Gasteiger partial charge is 0.166 e. The quantitative estimate of drug-likeness (QED) is 0.622. The highest BCUT2D eigenvalue weighted by Gasteiger charge is 2.33. The monoisotopic (exact) mass is 398 g/mol. The van der Waals surface area contributed by atoms with Gasteiger partial charge < -0.3 is 24.8 Å². The molecule has 7 heteroatoms. The Bertz CT molecular complexity index is 825. The van der Waals surface area contributed by atoms with Crippen LogP contribution in [0.25, 0.3) is 0 Å². The largest absolute Gasteiger partial charge is 0.504 e. The van der Waals surface area contributed by atoms with E-state index in [-0.39, 0.29) is 36.1 Å². The minimum atomic E-state index is -0.137. The van der Waals surface area contributed by atoms with Crippen LogP contribution in [-0.4, -0.2) is 60.7 Å². The second kappa shape index (κ2) is 9.43. The zero-order valence-electron chi connectivity index (χ0n) is 16.5. The van der Waals surface area contributed by atoms with Gasteiger partial charge in [0, 0.05) is 30.2 Å². The van der Waals surface area contributed by atoms with Crippen molar-refractivity contribution in [3.63, 3.8) is 0 Å². The lowest BCUT2D eigenvalue weighted by Gasteiger charge is -2.12. The van der Waals surface area contributed by atoms with Crippen LogP contribution in [-0.2, 0) is 0 Å². The van der Waals surface area contributed by atoms with Crippen LogP contribution in [0.5, 0.6) is 23.0 Å². The van der Waals surface area contributed by atoms with Crippen LogP contribution in [0.4, 0.5) is 0 Å². The minimum Gasteiger partial charge on any atom is -0.504 e. The zero-order chi connectivity index (χ0) is 20.8. The van der Waals surface area contributed by atoms with Gasteiger partial charge in [-0.2, -0.15) is 0 Å². The number of para-hydroxylation sites is 2. The number of benzene rings is 2. The summed E-state index contributed by atoms with van der Waals surface area (Å²) in [5.74, 6) is 0.957. The van der Waals surface area contributed by atoms with Crippen molar-refractivity contribution in [2.24, 2.45) is 15.9 Å². The molecular formula is C22H26N2O5. The van der Waals surface area contributed by atoms with E-state index < -0.39 is 0 Å². The van der Waals surface area contributed by atoms with E-state index >= 15 is 0 Å². The van der Waals surface area contributed by atoms with Crippen molar-refractivity contribution in [2.75, 3.05) is 20.8 Å². The molecule has 3 atom stereocenters. The zero-order valence-corrected chi connectivity index (χ0v) is 16.5. The highest BCUT2D eigenvalue weighted by atomic mass is 16.5. The summed E-state index contributed by atoms with van der Waals surface area (Å²) in [6.07, 6.45) is 4.63. The summed E-state index contributed by atoms with van der Waals surface area (Å²) in [6, 6.07) is 10.2. The number of phenolic OH excluding ortho intramolecular Hbond substituents is 2. The van der Waals surface area contributed by atoms with E-state index in [4.69, 9.17) is 9.47 Å². The van der Waals surface area contributed by atoms with Crippen LogP contribution >= 0.6 is 0 Å². The molecule has 154 valence electrons. The number of phenols is 2. The molecule has 3 N–H and O–H groups in total. The van der Waals surface area contributed by atoms with Crippen molar-refractivity contribution < 1.29 is 24.8 Å². The molecule has 2 aromatic carbocycles. The van der Waals surface area contributed by atoms with Gasteiger partial charge in [0.05, 0.1) is 26.3 Å². The Labute approximate surface area is 170 Å². The summed E-state index contributed by atoms with van der Waals surface area (Å²) in [5, 5.41) is 30.0. The van der Waals surface area contributed by atoms with Gasteiger partial charge in [-0.3, -0.25) is 9.98 Å². The number of methoxy groups -OCH3 is 2. The highest BCUT2D eigenvalue weighted by Crippen LogP contribution is 2.33. The molecule has 0 bridgehead atoms. The Morgan fingerprint density at radius 2 is 1.31 bits per heavy atom. The molecule has 1 aliphatic carbocycles. The number of hydrogen-bond acceptors (Lipinski definition) is 7. The van der Waals surface area contributed by atoms with E-state index in [0.29, 0.717) is 35.5 Å². The number of aromatic hydroxyl groups is 2. The molecule has 1 unspecified atom stereocenters. The summed E-state index contributed by atoms with van der Waals surface area (Å²) in [5.41, 5.74) is 1.12. The maximum atomic E-state index is 10.2. The Morgan fingerprint density at radius 3 is 1.69 bits per heavy atom. The fraction of sp³-hybridized carbons (Fsp3) is 0.364. The van der Waals surface area contributed by atoms with Crippen molar-refractivity contribution >= 4 is 12.4 Å². The van der Waals surface area contributed by atoms with Gasteiger partial charge in [-0.05, 0) is 43.0 Å². The van der Waals surface area contributed by atoms with Crippen LogP contribution in [0.15, 0.2) is 46.4 Å². The summed E-state index contributed by atoms with van der Waals surface area (Å²) in [6.45, 7) is 0.0762. The Morgan fingerprint density at radius 1 is 0.862 bits per heavy atom. The standard InChI is InChI=1S/C22H26N2O5/c1-28-19-7-3-5-15(21(19)26)11-23-17-9-14(13-25)10-18(17)24-12-16-6-4-8-20(29-2)22(16)27/h3-8,11-12,14,17-18,25-27H,9-10,13H2,1-2H3/t14?,17-,18+. The topological polar surface area (TPSA) is 104 Å². The van der Waals surface area contributed by atoms with Crippen molar-refractivity contribution in [3.8, 4) is 23.0 Å². The van der Waals surface area contributed by atoms with E-state index in [9.17, 15) is 15.3 Å². The molecule has 7 nitrogen and oxygen atoms in total. The predicted octanol–water partition coefficient (Wildman–Crippen LogP) is 2.79. The maximum absolute atomic E-state index is 10.2. The lowest BCUT2D eigenvalue weighted by Crippen LogP contribution is -2.16. The van der Waals surface area contributed by atoms with E-state index in [1.165, 1.54) is 14.2 Å². The maximum Gasteiger partial charge on any atom is 0.166 e. The summed E-state index contributed by atoms with van der Waals surface area (Å²) >= 11 is 0. The van der Waals surface area contributed by atoms with Crippen molar-refractivity contribution in [2.45, 2.75) is 24.9 Å². The first-order chi connectivity index (χ1) is 14.1. The van der Waals surface area contributed by atoms with Crippen molar-refractivity contribution in [1.29, 1.82) is 0 Å². The van der Waals surface area contributed by atoms with Gasteiger partial charge in [0.1, 0.15) is 0 Å². The third kappa shape index (κ3) is 4.68. The van der Waals surface area contributed by atoms with Crippen LogP contribution < -0.4 is 9.47 Å². The molecule has 0 radical (unpaired) electrons. The van der Waals surface area contributed by atoms with E-state index in [1.807, 2.05) is 0 Å². The molecule has 1 fully saturated rings. The molecular weight excluding hydrogens is 372 g/mol. The van der Waals surface area contributed by atoms with Crippen LogP contribution in [0.1, 0.15) is 24.0 Å². The van der Waals surface area contributed by atoms with Crippen LogP contribution in [0, 0.1) is 5.92 Å². The minimum absolute atomic E-state index is 0.0387. The van der Waals surface area contributed by atoms with Gasteiger partial charge in [-0.25, -0.2) is 0 Å². The fourth-order valence-electron chi connectivity index (χ4n) is 3.53. The van der Waals surface area contributed by atoms with Gasteiger partial charge >= 0.3 is 0 Å². The lowest BCUT2D eigenvalue weighted by atomic mass is 10.1. The molecule has 0 aliphatic heterocycles. The molecule has 0 aromatic heterocycles. The number of hydrogen-bond donors (Lipinski definition) is 3. The summed E-state index contributed by atoms with van der Waals surface area (Å²) in [7, 11) is 3.00. The van der Waals surface area contributed by atoms with Crippen LogP contribution in [0.2, 0.25) is 0 Å². The van der Waals surface area contributed by atoms with Gasteiger partial charge in [0.25, 0.3) is 0 Å². The number of aliphatic imine (C=N–C) groups is 2. The first kappa shape index (κ1) is 20.7.